The quantitative estimate of drug-likeness (QED) is 0.260. The number of methoxy groups -OCH3 is 1. The Morgan fingerprint density at radius 2 is 1.88 bits per heavy atom. The first-order valence-electron chi connectivity index (χ1n) is 10.6. The number of aromatic nitrogens is 1. The van der Waals surface area contributed by atoms with Gasteiger partial charge in [0, 0.05) is 29.1 Å². The second kappa shape index (κ2) is 9.18. The van der Waals surface area contributed by atoms with Crippen molar-refractivity contribution in [2.24, 2.45) is 5.10 Å². The van der Waals surface area contributed by atoms with E-state index < -0.39 is 20.6 Å². The lowest BCUT2D eigenvalue weighted by atomic mass is 10.2. The first kappa shape index (κ1) is 23.3. The molecule has 1 fully saturated rings. The molecule has 1 aliphatic rings. The van der Waals surface area contributed by atoms with Crippen LogP contribution in [0.1, 0.15) is 35.8 Å². The van der Waals surface area contributed by atoms with Gasteiger partial charge >= 0.3 is 0 Å². The Hall–Kier alpha value is -3.86. The molecule has 1 aromatic heterocycles. The highest BCUT2D eigenvalue weighted by molar-refractivity contribution is 7.92. The second-order valence-electron chi connectivity index (χ2n) is 8.04. The summed E-state index contributed by atoms with van der Waals surface area (Å²) in [6, 6.07) is 12.6. The maximum atomic E-state index is 12.8. The van der Waals surface area contributed by atoms with E-state index in [9.17, 15) is 18.5 Å². The predicted octanol–water partition coefficient (Wildman–Crippen LogP) is 4.60. The molecule has 11 heteroatoms. The Morgan fingerprint density at radius 1 is 1.15 bits per heavy atom. The van der Waals surface area contributed by atoms with Gasteiger partial charge in [0.15, 0.2) is 0 Å². The number of aryl methyl sites for hydroxylation is 1. The SMILES string of the molecule is COc1ccccc1NS(=O)(=O)c1ccc(N/N=C/c2cc(C)n(C3CC3)c2C)c([N+](=O)[O-])c1. The van der Waals surface area contributed by atoms with Gasteiger partial charge in [0.2, 0.25) is 0 Å². The fourth-order valence-corrected chi connectivity index (χ4v) is 4.95. The Morgan fingerprint density at radius 3 is 2.56 bits per heavy atom. The van der Waals surface area contributed by atoms with Gasteiger partial charge in [-0.3, -0.25) is 20.3 Å². The smallest absolute Gasteiger partial charge is 0.295 e. The summed E-state index contributed by atoms with van der Waals surface area (Å²) in [5, 5.41) is 15.8. The normalized spacial score (nSPS) is 13.7. The van der Waals surface area contributed by atoms with Crippen LogP contribution in [0.15, 0.2) is 58.5 Å². The molecule has 3 aromatic rings. The standard InChI is InChI=1S/C23H25N5O5S/c1-15-12-17(16(2)27(15)18-8-9-18)14-24-25-20-11-10-19(13-22(20)28(29)30)34(31,32)26-21-6-4-5-7-23(21)33-3/h4-7,10-14,18,25-26H,8-9H2,1-3H3/b24-14+. The number of nitrogens with zero attached hydrogens (tertiary/aromatic N) is 3. The fourth-order valence-electron chi connectivity index (χ4n) is 3.86. The molecule has 0 radical (unpaired) electrons. The van der Waals surface area contributed by atoms with Gasteiger partial charge in [0.05, 0.1) is 28.8 Å². The van der Waals surface area contributed by atoms with Gasteiger partial charge in [-0.25, -0.2) is 8.42 Å². The van der Waals surface area contributed by atoms with E-state index >= 15 is 0 Å². The molecule has 0 unspecified atom stereocenters. The van der Waals surface area contributed by atoms with Gasteiger partial charge in [-0.05, 0) is 57.0 Å². The zero-order valence-electron chi connectivity index (χ0n) is 19.0. The van der Waals surface area contributed by atoms with Gasteiger partial charge in [-0.15, -0.1) is 0 Å². The first-order chi connectivity index (χ1) is 16.2. The number of rotatable bonds is 9. The zero-order chi connectivity index (χ0) is 24.5. The van der Waals surface area contributed by atoms with Crippen molar-refractivity contribution in [3.63, 3.8) is 0 Å². The Bertz CT molecular complexity index is 1380. The van der Waals surface area contributed by atoms with E-state index in [-0.39, 0.29) is 16.3 Å². The number of hydrogen-bond acceptors (Lipinski definition) is 7. The highest BCUT2D eigenvalue weighted by atomic mass is 32.2. The molecule has 4 rings (SSSR count). The van der Waals surface area contributed by atoms with Crippen LogP contribution in [0.3, 0.4) is 0 Å². The number of anilines is 2. The van der Waals surface area contributed by atoms with Crippen LogP contribution in [-0.2, 0) is 10.0 Å². The zero-order valence-corrected chi connectivity index (χ0v) is 19.8. The number of nitro groups is 1. The lowest BCUT2D eigenvalue weighted by Gasteiger charge is -2.12. The molecule has 2 N–H and O–H groups in total. The second-order valence-corrected chi connectivity index (χ2v) is 9.72. The maximum Gasteiger partial charge on any atom is 0.295 e. The van der Waals surface area contributed by atoms with Gasteiger partial charge < -0.3 is 9.30 Å². The third-order valence-corrected chi connectivity index (χ3v) is 7.01. The van der Waals surface area contributed by atoms with Crippen LogP contribution in [0.5, 0.6) is 5.75 Å². The van der Waals surface area contributed by atoms with Gasteiger partial charge in [-0.1, -0.05) is 12.1 Å². The number of ether oxygens (including phenoxy) is 1. The first-order valence-corrected chi connectivity index (χ1v) is 12.1. The third-order valence-electron chi connectivity index (χ3n) is 5.65. The Kier molecular flexibility index (Phi) is 6.29. The van der Waals surface area contributed by atoms with Crippen molar-refractivity contribution in [3.05, 3.63) is 75.6 Å². The van der Waals surface area contributed by atoms with Crippen molar-refractivity contribution in [3.8, 4) is 5.75 Å². The number of hydrazone groups is 1. The lowest BCUT2D eigenvalue weighted by Crippen LogP contribution is -2.14. The summed E-state index contributed by atoms with van der Waals surface area (Å²) < 4.78 is 35.5. The van der Waals surface area contributed by atoms with E-state index in [0.29, 0.717) is 11.8 Å². The molecule has 0 saturated heterocycles. The minimum Gasteiger partial charge on any atom is -0.495 e. The molecule has 2 aromatic carbocycles. The number of benzene rings is 2. The van der Waals surface area contributed by atoms with Crippen LogP contribution < -0.4 is 14.9 Å². The summed E-state index contributed by atoms with van der Waals surface area (Å²) >= 11 is 0. The van der Waals surface area contributed by atoms with Crippen LogP contribution in [0.2, 0.25) is 0 Å². The van der Waals surface area contributed by atoms with E-state index in [1.165, 1.54) is 38.2 Å². The molecule has 0 spiro atoms. The maximum absolute atomic E-state index is 12.8. The van der Waals surface area contributed by atoms with E-state index in [2.05, 4.69) is 19.8 Å². The highest BCUT2D eigenvalue weighted by Crippen LogP contribution is 2.38. The number of para-hydroxylation sites is 2. The van der Waals surface area contributed by atoms with Crippen LogP contribution in [-0.4, -0.2) is 31.2 Å². The number of hydrogen-bond donors (Lipinski definition) is 2. The topological polar surface area (TPSA) is 128 Å². The van der Waals surface area contributed by atoms with E-state index in [1.54, 1.807) is 24.4 Å². The summed E-state index contributed by atoms with van der Waals surface area (Å²) in [7, 11) is -2.68. The molecule has 34 heavy (non-hydrogen) atoms. The van der Waals surface area contributed by atoms with Crippen molar-refractivity contribution in [2.45, 2.75) is 37.6 Å². The molecule has 0 amide bonds. The van der Waals surface area contributed by atoms with Crippen molar-refractivity contribution >= 4 is 33.3 Å². The summed E-state index contributed by atoms with van der Waals surface area (Å²) in [5.41, 5.74) is 5.71. The molecule has 0 bridgehead atoms. The summed E-state index contributed by atoms with van der Waals surface area (Å²) in [5.74, 6) is 0.328. The van der Waals surface area contributed by atoms with Crippen LogP contribution in [0.4, 0.5) is 17.1 Å². The lowest BCUT2D eigenvalue weighted by molar-refractivity contribution is -0.384. The van der Waals surface area contributed by atoms with E-state index in [0.717, 1.165) is 23.0 Å². The number of nitro benzene ring substituents is 1. The number of sulfonamides is 1. The fraction of sp³-hybridized carbons (Fsp3) is 0.261. The average Bonchev–Trinajstić information content (AvgIpc) is 3.59. The minimum absolute atomic E-state index is 0.0773. The van der Waals surface area contributed by atoms with Gasteiger partial charge in [0.25, 0.3) is 15.7 Å². The summed E-state index contributed by atoms with van der Waals surface area (Å²) in [6.07, 6.45) is 3.94. The summed E-state index contributed by atoms with van der Waals surface area (Å²) in [6.45, 7) is 4.06. The molecular formula is C23H25N5O5S. The van der Waals surface area contributed by atoms with Crippen LogP contribution in [0.25, 0.3) is 0 Å². The van der Waals surface area contributed by atoms with Crippen molar-refractivity contribution < 1.29 is 18.1 Å². The molecular weight excluding hydrogens is 458 g/mol. The Balaban J connectivity index is 1.56. The molecule has 1 aliphatic carbocycles. The van der Waals surface area contributed by atoms with Gasteiger partial charge in [-0.2, -0.15) is 5.10 Å². The number of nitrogens with one attached hydrogen (secondary N) is 2. The Labute approximate surface area is 197 Å². The predicted molar refractivity (Wildman–Crippen MR) is 130 cm³/mol. The molecule has 0 atom stereocenters. The monoisotopic (exact) mass is 483 g/mol. The van der Waals surface area contributed by atoms with Crippen molar-refractivity contribution in [1.29, 1.82) is 0 Å². The van der Waals surface area contributed by atoms with Crippen LogP contribution >= 0.6 is 0 Å². The molecule has 1 saturated carbocycles. The molecule has 1 heterocycles. The van der Waals surface area contributed by atoms with Crippen molar-refractivity contribution in [1.82, 2.24) is 4.57 Å². The minimum atomic E-state index is -4.10. The van der Waals surface area contributed by atoms with Gasteiger partial charge in [0.1, 0.15) is 11.4 Å². The molecule has 178 valence electrons. The van der Waals surface area contributed by atoms with Crippen LogP contribution in [0, 0.1) is 24.0 Å². The molecule has 10 nitrogen and oxygen atoms in total. The largest absolute Gasteiger partial charge is 0.495 e. The summed E-state index contributed by atoms with van der Waals surface area (Å²) in [4.78, 5) is 10.7. The highest BCUT2D eigenvalue weighted by Gasteiger charge is 2.27. The average molecular weight is 484 g/mol. The molecule has 0 aliphatic heterocycles. The van der Waals surface area contributed by atoms with E-state index in [1.807, 2.05) is 19.9 Å². The third kappa shape index (κ3) is 4.74. The van der Waals surface area contributed by atoms with Crippen molar-refractivity contribution in [2.75, 3.05) is 17.3 Å². The van der Waals surface area contributed by atoms with E-state index in [4.69, 9.17) is 4.74 Å².